The van der Waals surface area contributed by atoms with Gasteiger partial charge < -0.3 is 20.4 Å². The minimum Gasteiger partial charge on any atom is -0.366 e. The fourth-order valence-corrected chi connectivity index (χ4v) is 5.60. The van der Waals surface area contributed by atoms with Gasteiger partial charge in [-0.25, -0.2) is 0 Å². The van der Waals surface area contributed by atoms with Crippen molar-refractivity contribution < 1.29 is 18.6 Å². The number of likely N-dealkylation sites (N-methyl/N-ethyl adjacent to an activating group) is 1. The van der Waals surface area contributed by atoms with Crippen LogP contribution in [0.15, 0.2) is 57.5 Å². The molecule has 2 aromatic rings. The van der Waals surface area contributed by atoms with Gasteiger partial charge in [-0.2, -0.15) is 0 Å². The summed E-state index contributed by atoms with van der Waals surface area (Å²) in [6.45, 7) is 4.82. The molecule has 0 aliphatic carbocycles. The average Bonchev–Trinajstić information content (AvgIpc) is 3.53. The average molecular weight is 699 g/mol. The van der Waals surface area contributed by atoms with Gasteiger partial charge in [-0.05, 0) is 91.0 Å². The first kappa shape index (κ1) is 26.0. The Bertz CT molecular complexity index is 800. The van der Waals surface area contributed by atoms with Crippen molar-refractivity contribution in [3.05, 3.63) is 61.0 Å². The summed E-state index contributed by atoms with van der Waals surface area (Å²) in [4.78, 5) is 4.97. The Hall–Kier alpha value is 0.394. The monoisotopic (exact) mass is 697 g/mol. The van der Waals surface area contributed by atoms with E-state index in [2.05, 4.69) is 118 Å². The summed E-state index contributed by atoms with van der Waals surface area (Å²) in [6, 6.07) is 20.0. The van der Waals surface area contributed by atoms with E-state index in [1.807, 2.05) is 12.1 Å². The smallest absolute Gasteiger partial charge is 0.0430 e. The van der Waals surface area contributed by atoms with Crippen LogP contribution < -0.4 is 15.5 Å². The van der Waals surface area contributed by atoms with Gasteiger partial charge in [-0.15, -0.1) is 0 Å². The van der Waals surface area contributed by atoms with E-state index in [1.165, 1.54) is 41.7 Å². The van der Waals surface area contributed by atoms with E-state index in [1.54, 1.807) is 0 Å². The molecule has 4 aliphatic rings. The van der Waals surface area contributed by atoms with Crippen molar-refractivity contribution >= 4 is 60.1 Å². The molecule has 4 atom stereocenters. The molecule has 0 saturated carbocycles. The molecule has 4 fully saturated rings. The first-order valence-electron chi connectivity index (χ1n) is 10.6. The third kappa shape index (κ3) is 7.19. The standard InChI is InChI=1S/C11H13BrN2.C6H4BrI.C6H12N2.V/c12-8-1-3-10(4-2-8)14-7-9-5-11(14)6-13-9;7-5-1-3-6(8)4-2-5;1-8-4-5-2-6(8)3-7-5;/h1-4,9,11,13H,5-7H2;1-4H;5-7H,2-4H2,1H3;/t9?,11-;;5-,6?;/m1.1./s1. The van der Waals surface area contributed by atoms with Crippen LogP contribution in [0.4, 0.5) is 5.69 Å². The molecule has 4 nitrogen and oxygen atoms in total. The zero-order valence-corrected chi connectivity index (χ0v) is 24.4. The largest absolute Gasteiger partial charge is 0.366 e. The van der Waals surface area contributed by atoms with Crippen LogP contribution >= 0.6 is 54.5 Å². The number of benzene rings is 2. The van der Waals surface area contributed by atoms with Crippen molar-refractivity contribution in [2.75, 3.05) is 38.1 Å². The van der Waals surface area contributed by atoms with E-state index < -0.39 is 0 Å². The quantitative estimate of drug-likeness (QED) is 0.423. The number of anilines is 1. The summed E-state index contributed by atoms with van der Waals surface area (Å²) < 4.78 is 3.56. The fourth-order valence-electron chi connectivity index (χ4n) is 4.71. The van der Waals surface area contributed by atoms with Crippen molar-refractivity contribution in [1.82, 2.24) is 15.5 Å². The number of likely N-dealkylation sites (tertiary alicyclic amines) is 1. The molecule has 2 aromatic carbocycles. The van der Waals surface area contributed by atoms with Gasteiger partial charge in [0.15, 0.2) is 0 Å². The van der Waals surface area contributed by atoms with Crippen LogP contribution in [0.1, 0.15) is 12.8 Å². The molecule has 0 aromatic heterocycles. The second-order valence-electron chi connectivity index (χ2n) is 8.49. The molecule has 0 spiro atoms. The Labute approximate surface area is 228 Å². The van der Waals surface area contributed by atoms with E-state index in [-0.39, 0.29) is 18.6 Å². The number of rotatable bonds is 1. The molecule has 4 aliphatic heterocycles. The molecular formula is C23H29Br2IN4V. The Morgan fingerprint density at radius 3 is 1.68 bits per heavy atom. The second kappa shape index (κ2) is 12.2. The summed E-state index contributed by atoms with van der Waals surface area (Å²) in [5.41, 5.74) is 1.36. The molecule has 0 amide bonds. The predicted octanol–water partition coefficient (Wildman–Crippen LogP) is 4.71. The van der Waals surface area contributed by atoms with Gasteiger partial charge in [-0.3, -0.25) is 0 Å². The Morgan fingerprint density at radius 1 is 0.806 bits per heavy atom. The van der Waals surface area contributed by atoms with Crippen LogP contribution in [-0.2, 0) is 18.6 Å². The second-order valence-corrected chi connectivity index (χ2v) is 11.6. The van der Waals surface area contributed by atoms with Crippen molar-refractivity contribution in [1.29, 1.82) is 0 Å². The molecule has 6 rings (SSSR count). The van der Waals surface area contributed by atoms with E-state index >= 15 is 0 Å². The Balaban J connectivity index is 0.000000139. The molecular weight excluding hydrogens is 670 g/mol. The minimum absolute atomic E-state index is 0. The van der Waals surface area contributed by atoms with Crippen LogP contribution in [0, 0.1) is 3.57 Å². The van der Waals surface area contributed by atoms with Gasteiger partial charge in [0.1, 0.15) is 0 Å². The first-order chi connectivity index (χ1) is 14.5. The van der Waals surface area contributed by atoms with Gasteiger partial charge >= 0.3 is 0 Å². The zero-order chi connectivity index (χ0) is 21.1. The molecule has 4 bridgehead atoms. The molecule has 8 heteroatoms. The fraction of sp³-hybridized carbons (Fsp3) is 0.478. The topological polar surface area (TPSA) is 30.5 Å². The molecule has 31 heavy (non-hydrogen) atoms. The van der Waals surface area contributed by atoms with E-state index in [0.29, 0.717) is 0 Å². The molecule has 2 unspecified atom stereocenters. The van der Waals surface area contributed by atoms with Crippen LogP contribution in [0.3, 0.4) is 0 Å². The first-order valence-corrected chi connectivity index (χ1v) is 13.2. The molecule has 4 heterocycles. The number of halogens is 3. The maximum Gasteiger partial charge on any atom is 0.0430 e. The Kier molecular flexibility index (Phi) is 10.2. The Morgan fingerprint density at radius 2 is 1.32 bits per heavy atom. The zero-order valence-electron chi connectivity index (χ0n) is 17.6. The van der Waals surface area contributed by atoms with Crippen LogP contribution in [-0.4, -0.2) is 62.3 Å². The van der Waals surface area contributed by atoms with E-state index in [9.17, 15) is 0 Å². The van der Waals surface area contributed by atoms with Gasteiger partial charge in [0, 0.05) is 87.1 Å². The van der Waals surface area contributed by atoms with Crippen molar-refractivity contribution in [3.63, 3.8) is 0 Å². The molecule has 4 saturated heterocycles. The third-order valence-corrected chi connectivity index (χ3v) is 8.13. The van der Waals surface area contributed by atoms with Crippen molar-refractivity contribution in [2.45, 2.75) is 37.0 Å². The third-order valence-electron chi connectivity index (χ3n) is 6.35. The summed E-state index contributed by atoms with van der Waals surface area (Å²) in [7, 11) is 2.21. The van der Waals surface area contributed by atoms with E-state index in [4.69, 9.17) is 0 Å². The maximum atomic E-state index is 3.52. The maximum absolute atomic E-state index is 3.52. The van der Waals surface area contributed by atoms with Gasteiger partial charge in [0.2, 0.25) is 0 Å². The van der Waals surface area contributed by atoms with Crippen LogP contribution in [0.2, 0.25) is 0 Å². The number of hydrogen-bond acceptors (Lipinski definition) is 4. The van der Waals surface area contributed by atoms with Gasteiger partial charge in [0.05, 0.1) is 0 Å². The van der Waals surface area contributed by atoms with Crippen molar-refractivity contribution in [3.8, 4) is 0 Å². The number of nitrogens with one attached hydrogen (secondary N) is 2. The predicted molar refractivity (Wildman–Crippen MR) is 141 cm³/mol. The molecule has 1 radical (unpaired) electrons. The van der Waals surface area contributed by atoms with Gasteiger partial charge in [-0.1, -0.05) is 31.9 Å². The molecule has 2 N–H and O–H groups in total. The number of piperazine rings is 2. The summed E-state index contributed by atoms with van der Waals surface area (Å²) in [6.07, 6.45) is 2.70. The SMILES string of the molecule is Brc1ccc(I)cc1.Brc1ccc(N2CC3C[C@@H]2CN3)cc1.CN1C[C@H]2CC1CN2.[V]. The van der Waals surface area contributed by atoms with Crippen LogP contribution in [0.5, 0.6) is 0 Å². The van der Waals surface area contributed by atoms with Crippen molar-refractivity contribution in [2.24, 2.45) is 0 Å². The summed E-state index contributed by atoms with van der Waals surface area (Å²) in [5.74, 6) is 0. The molecule has 167 valence electrons. The summed E-state index contributed by atoms with van der Waals surface area (Å²) >= 11 is 9.08. The van der Waals surface area contributed by atoms with E-state index in [0.717, 1.165) is 39.7 Å². The normalized spacial score (nSPS) is 27.8. The number of nitrogens with zero attached hydrogens (tertiary/aromatic N) is 2. The minimum atomic E-state index is 0. The summed E-state index contributed by atoms with van der Waals surface area (Å²) in [5, 5.41) is 6.96. The number of fused-ring (bicyclic) bond motifs is 4. The number of hydrogen-bond donors (Lipinski definition) is 2. The van der Waals surface area contributed by atoms with Crippen LogP contribution in [0.25, 0.3) is 0 Å². The van der Waals surface area contributed by atoms with Gasteiger partial charge in [0.25, 0.3) is 0 Å².